The normalized spacial score (nSPS) is 11.0. The molecule has 2 aromatic rings. The van der Waals surface area contributed by atoms with Gasteiger partial charge in [0, 0.05) is 6.07 Å². The molecule has 0 spiro atoms. The van der Waals surface area contributed by atoms with Crippen LogP contribution in [0.4, 0.5) is 5.69 Å². The lowest BCUT2D eigenvalue weighted by Gasteiger charge is -2.10. The minimum Gasteiger partial charge on any atom is -0.495 e. The number of methoxy groups -OCH3 is 2. The molecule has 110 valence electrons. The topological polar surface area (TPSA) is 81.8 Å². The van der Waals surface area contributed by atoms with E-state index >= 15 is 0 Å². The molecule has 6 nitrogen and oxygen atoms in total. The highest BCUT2D eigenvalue weighted by molar-refractivity contribution is 5.93. The van der Waals surface area contributed by atoms with Gasteiger partial charge in [-0.25, -0.2) is 9.98 Å². The molecule has 1 aromatic heterocycles. The van der Waals surface area contributed by atoms with E-state index in [0.29, 0.717) is 24.1 Å². The molecule has 2 rings (SSSR count). The summed E-state index contributed by atoms with van der Waals surface area (Å²) in [6.45, 7) is 0.366. The second kappa shape index (κ2) is 7.14. The van der Waals surface area contributed by atoms with Gasteiger partial charge in [-0.2, -0.15) is 0 Å². The van der Waals surface area contributed by atoms with Gasteiger partial charge >= 0.3 is 0 Å². The van der Waals surface area contributed by atoms with E-state index in [1.165, 1.54) is 0 Å². The number of pyridine rings is 1. The van der Waals surface area contributed by atoms with Crippen LogP contribution in [0.15, 0.2) is 47.5 Å². The summed E-state index contributed by atoms with van der Waals surface area (Å²) in [4.78, 5) is 8.52. The van der Waals surface area contributed by atoms with Gasteiger partial charge in [0.15, 0.2) is 5.96 Å². The fraction of sp³-hybridized carbons (Fsp3) is 0.200. The van der Waals surface area contributed by atoms with Gasteiger partial charge in [-0.15, -0.1) is 0 Å². The lowest BCUT2D eigenvalue weighted by molar-refractivity contribution is 0.396. The summed E-state index contributed by atoms with van der Waals surface area (Å²) < 4.78 is 10.3. The van der Waals surface area contributed by atoms with Crippen molar-refractivity contribution in [3.63, 3.8) is 0 Å². The number of guanidine groups is 1. The molecule has 1 aromatic carbocycles. The van der Waals surface area contributed by atoms with E-state index in [-0.39, 0.29) is 0 Å². The molecule has 1 heterocycles. The lowest BCUT2D eigenvalue weighted by Crippen LogP contribution is -2.23. The van der Waals surface area contributed by atoms with Gasteiger partial charge in [-0.05, 0) is 18.2 Å². The van der Waals surface area contributed by atoms with Crippen LogP contribution < -0.4 is 20.5 Å². The first-order valence-corrected chi connectivity index (χ1v) is 6.43. The van der Waals surface area contributed by atoms with Gasteiger partial charge in [0.05, 0.1) is 32.1 Å². The molecule has 6 heteroatoms. The Morgan fingerprint density at radius 2 is 1.95 bits per heavy atom. The largest absolute Gasteiger partial charge is 0.495 e. The number of aliphatic imine (C=N–C) groups is 1. The molecular weight excluding hydrogens is 268 g/mol. The van der Waals surface area contributed by atoms with Crippen molar-refractivity contribution in [2.45, 2.75) is 6.54 Å². The highest BCUT2D eigenvalue weighted by Gasteiger charge is 2.02. The minimum absolute atomic E-state index is 0.295. The van der Waals surface area contributed by atoms with E-state index in [9.17, 15) is 0 Å². The van der Waals surface area contributed by atoms with Crippen molar-refractivity contribution in [2.24, 2.45) is 10.7 Å². The van der Waals surface area contributed by atoms with Crippen LogP contribution in [-0.2, 0) is 6.54 Å². The Hall–Kier alpha value is -2.76. The first kappa shape index (κ1) is 14.6. The van der Waals surface area contributed by atoms with Crippen molar-refractivity contribution in [1.82, 2.24) is 4.98 Å². The van der Waals surface area contributed by atoms with Gasteiger partial charge in [-0.1, -0.05) is 18.2 Å². The van der Waals surface area contributed by atoms with Crippen LogP contribution >= 0.6 is 0 Å². The van der Waals surface area contributed by atoms with E-state index in [4.69, 9.17) is 15.2 Å². The third-order valence-electron chi connectivity index (χ3n) is 2.77. The number of aromatic nitrogens is 1. The van der Waals surface area contributed by atoms with Gasteiger partial charge in [0.25, 0.3) is 0 Å². The smallest absolute Gasteiger partial charge is 0.213 e. The highest BCUT2D eigenvalue weighted by Crippen LogP contribution is 2.22. The Bertz CT molecular complexity index is 629. The monoisotopic (exact) mass is 286 g/mol. The predicted molar refractivity (Wildman–Crippen MR) is 82.7 cm³/mol. The number of anilines is 1. The van der Waals surface area contributed by atoms with Crippen LogP contribution in [0.25, 0.3) is 0 Å². The maximum Gasteiger partial charge on any atom is 0.213 e. The third-order valence-corrected chi connectivity index (χ3v) is 2.77. The Labute approximate surface area is 123 Å². The van der Waals surface area contributed by atoms with Crippen LogP contribution in [-0.4, -0.2) is 25.2 Å². The quantitative estimate of drug-likeness (QED) is 0.649. The molecule has 0 saturated carbocycles. The second-order valence-electron chi connectivity index (χ2n) is 4.20. The van der Waals surface area contributed by atoms with Gasteiger partial charge in [0.1, 0.15) is 5.75 Å². The van der Waals surface area contributed by atoms with E-state index in [0.717, 1.165) is 11.4 Å². The Morgan fingerprint density at radius 1 is 1.14 bits per heavy atom. The summed E-state index contributed by atoms with van der Waals surface area (Å²) in [5, 5.41) is 3.00. The first-order chi connectivity index (χ1) is 10.2. The average molecular weight is 286 g/mol. The van der Waals surface area contributed by atoms with E-state index in [2.05, 4.69) is 15.3 Å². The van der Waals surface area contributed by atoms with Crippen molar-refractivity contribution < 1.29 is 9.47 Å². The summed E-state index contributed by atoms with van der Waals surface area (Å²) in [6.07, 6.45) is 0. The molecule has 0 aliphatic carbocycles. The molecule has 0 saturated heterocycles. The van der Waals surface area contributed by atoms with Crippen molar-refractivity contribution >= 4 is 11.6 Å². The Kier molecular flexibility index (Phi) is 4.98. The minimum atomic E-state index is 0.295. The second-order valence-corrected chi connectivity index (χ2v) is 4.20. The van der Waals surface area contributed by atoms with Crippen LogP contribution in [0.5, 0.6) is 11.6 Å². The summed E-state index contributed by atoms with van der Waals surface area (Å²) in [5.74, 6) is 1.55. The maximum absolute atomic E-state index is 5.87. The number of benzene rings is 1. The molecule has 0 unspecified atom stereocenters. The number of hydrogen-bond acceptors (Lipinski definition) is 4. The van der Waals surface area contributed by atoms with Crippen LogP contribution in [0.1, 0.15) is 5.69 Å². The number of nitrogens with two attached hydrogens (primary N) is 1. The summed E-state index contributed by atoms with van der Waals surface area (Å²) in [7, 11) is 3.18. The molecular formula is C15H18N4O2. The van der Waals surface area contributed by atoms with Crippen molar-refractivity contribution in [3.05, 3.63) is 48.2 Å². The zero-order chi connectivity index (χ0) is 15.1. The molecule has 3 N–H and O–H groups in total. The summed E-state index contributed by atoms with van der Waals surface area (Å²) >= 11 is 0. The Morgan fingerprint density at radius 3 is 2.71 bits per heavy atom. The molecule has 0 fully saturated rings. The third kappa shape index (κ3) is 4.10. The van der Waals surface area contributed by atoms with E-state index < -0.39 is 0 Å². The summed E-state index contributed by atoms with van der Waals surface area (Å²) in [6, 6.07) is 13.0. The number of rotatable bonds is 5. The fourth-order valence-electron chi connectivity index (χ4n) is 1.75. The van der Waals surface area contributed by atoms with Crippen LogP contribution in [0.3, 0.4) is 0 Å². The van der Waals surface area contributed by atoms with E-state index in [1.54, 1.807) is 20.3 Å². The molecule has 0 radical (unpaired) electrons. The number of nitrogens with zero attached hydrogens (tertiary/aromatic N) is 2. The molecule has 0 aliphatic heterocycles. The van der Waals surface area contributed by atoms with Crippen LogP contribution in [0.2, 0.25) is 0 Å². The highest BCUT2D eigenvalue weighted by atomic mass is 16.5. The van der Waals surface area contributed by atoms with Crippen molar-refractivity contribution in [3.8, 4) is 11.6 Å². The van der Waals surface area contributed by atoms with Crippen molar-refractivity contribution in [1.29, 1.82) is 0 Å². The molecule has 0 amide bonds. The average Bonchev–Trinajstić information content (AvgIpc) is 2.53. The van der Waals surface area contributed by atoms with Crippen molar-refractivity contribution in [2.75, 3.05) is 19.5 Å². The molecule has 0 atom stereocenters. The molecule has 0 aliphatic rings. The zero-order valence-electron chi connectivity index (χ0n) is 12.0. The molecule has 21 heavy (non-hydrogen) atoms. The summed E-state index contributed by atoms with van der Waals surface area (Å²) in [5.41, 5.74) is 7.41. The maximum atomic E-state index is 5.87. The Balaban J connectivity index is 2.04. The number of para-hydroxylation sites is 2. The molecule has 0 bridgehead atoms. The van der Waals surface area contributed by atoms with Gasteiger partial charge in [-0.3, -0.25) is 0 Å². The zero-order valence-corrected chi connectivity index (χ0v) is 12.0. The SMILES string of the molecule is COc1cccc(CN=C(N)Nc2ccccc2OC)n1. The first-order valence-electron chi connectivity index (χ1n) is 6.43. The fourth-order valence-corrected chi connectivity index (χ4v) is 1.75. The van der Waals surface area contributed by atoms with Gasteiger partial charge < -0.3 is 20.5 Å². The van der Waals surface area contributed by atoms with E-state index in [1.807, 2.05) is 36.4 Å². The number of nitrogens with one attached hydrogen (secondary N) is 1. The number of ether oxygens (including phenoxy) is 2. The van der Waals surface area contributed by atoms with Gasteiger partial charge in [0.2, 0.25) is 5.88 Å². The predicted octanol–water partition coefficient (Wildman–Crippen LogP) is 2.03. The van der Waals surface area contributed by atoms with Crippen LogP contribution in [0, 0.1) is 0 Å². The lowest BCUT2D eigenvalue weighted by atomic mass is 10.3. The standard InChI is InChI=1S/C15H18N4O2/c1-20-13-8-4-3-7-12(13)19-15(16)17-10-11-6-5-9-14(18-11)21-2/h3-9H,10H2,1-2H3,(H3,16,17,19). The number of hydrogen-bond donors (Lipinski definition) is 2.